The van der Waals surface area contributed by atoms with Crippen LogP contribution in [0.15, 0.2) is 36.4 Å². The van der Waals surface area contributed by atoms with E-state index in [1.54, 1.807) is 25.1 Å². The summed E-state index contributed by atoms with van der Waals surface area (Å²) in [5.74, 6) is -0.166. The zero-order valence-corrected chi connectivity index (χ0v) is 14.8. The van der Waals surface area contributed by atoms with Crippen molar-refractivity contribution in [1.29, 1.82) is 0 Å². The van der Waals surface area contributed by atoms with Crippen molar-refractivity contribution in [3.8, 4) is 11.5 Å². The van der Waals surface area contributed by atoms with Crippen LogP contribution in [0, 0.1) is 10.1 Å². The number of fused-ring (bicyclic) bond motifs is 1. The van der Waals surface area contributed by atoms with Crippen LogP contribution < -0.4 is 20.5 Å². The number of esters is 1. The van der Waals surface area contributed by atoms with Crippen molar-refractivity contribution in [2.24, 2.45) is 0 Å². The molecule has 0 saturated heterocycles. The zero-order chi connectivity index (χ0) is 20.3. The third-order valence-corrected chi connectivity index (χ3v) is 4.07. The van der Waals surface area contributed by atoms with Crippen LogP contribution in [0.4, 0.5) is 11.4 Å². The second-order valence-electron chi connectivity index (χ2n) is 6.01. The molecular formula is C18H17N3O7. The molecule has 0 fully saturated rings. The van der Waals surface area contributed by atoms with Crippen LogP contribution in [-0.4, -0.2) is 30.2 Å². The van der Waals surface area contributed by atoms with Crippen LogP contribution in [0.3, 0.4) is 0 Å². The van der Waals surface area contributed by atoms with E-state index in [0.29, 0.717) is 11.5 Å². The van der Waals surface area contributed by atoms with Crippen molar-refractivity contribution in [2.75, 3.05) is 19.1 Å². The van der Waals surface area contributed by atoms with Gasteiger partial charge in [0.15, 0.2) is 18.1 Å². The number of rotatable bonds is 6. The molecule has 3 N–H and O–H groups in total. The van der Waals surface area contributed by atoms with E-state index in [1.165, 1.54) is 12.1 Å². The largest absolute Gasteiger partial charge is 0.454 e. The minimum Gasteiger partial charge on any atom is -0.454 e. The van der Waals surface area contributed by atoms with Gasteiger partial charge in [0.2, 0.25) is 6.79 Å². The first kappa shape index (κ1) is 19.0. The number of ether oxygens (including phenoxy) is 3. The fourth-order valence-electron chi connectivity index (χ4n) is 2.59. The van der Waals surface area contributed by atoms with E-state index in [-0.39, 0.29) is 24.1 Å². The Labute approximate surface area is 159 Å². The number of hydrogen-bond donors (Lipinski definition) is 2. The Morgan fingerprint density at radius 1 is 1.25 bits per heavy atom. The SMILES string of the molecule is C[C@H](NC(=O)COC(=O)c1ccc(N)c([N+](=O)[O-])c1)c1ccc2c(c1)OCO2. The monoisotopic (exact) mass is 387 g/mol. The normalized spacial score (nSPS) is 12.9. The Hall–Kier alpha value is -3.82. The van der Waals surface area contributed by atoms with Crippen molar-refractivity contribution < 1.29 is 28.7 Å². The number of hydrogen-bond acceptors (Lipinski definition) is 8. The van der Waals surface area contributed by atoms with Gasteiger partial charge in [0, 0.05) is 6.07 Å². The molecule has 0 aromatic heterocycles. The van der Waals surface area contributed by atoms with Crippen molar-refractivity contribution in [3.05, 3.63) is 57.6 Å². The van der Waals surface area contributed by atoms with Crippen LogP contribution in [0.5, 0.6) is 11.5 Å². The van der Waals surface area contributed by atoms with E-state index in [9.17, 15) is 19.7 Å². The van der Waals surface area contributed by atoms with Crippen molar-refractivity contribution in [3.63, 3.8) is 0 Å². The maximum atomic E-state index is 12.1. The lowest BCUT2D eigenvalue weighted by Gasteiger charge is -2.15. The second-order valence-corrected chi connectivity index (χ2v) is 6.01. The average Bonchev–Trinajstić information content (AvgIpc) is 3.14. The predicted molar refractivity (Wildman–Crippen MR) is 96.9 cm³/mol. The fraction of sp³-hybridized carbons (Fsp3) is 0.222. The standard InChI is InChI=1S/C18H17N3O7/c1-10(11-3-5-15-16(7-11)28-9-27-15)20-17(22)8-26-18(23)12-2-4-13(19)14(6-12)21(24)25/h2-7,10H,8-9,19H2,1H3,(H,20,22)/t10-/m0/s1. The summed E-state index contributed by atoms with van der Waals surface area (Å²) in [6, 6.07) is 8.46. The highest BCUT2D eigenvalue weighted by Crippen LogP contribution is 2.34. The molecule has 146 valence electrons. The summed E-state index contributed by atoms with van der Waals surface area (Å²) in [5.41, 5.74) is 5.72. The van der Waals surface area contributed by atoms with Gasteiger partial charge in [-0.05, 0) is 36.8 Å². The first-order chi connectivity index (χ1) is 13.3. The molecule has 0 spiro atoms. The van der Waals surface area contributed by atoms with Crippen LogP contribution in [0.25, 0.3) is 0 Å². The number of benzene rings is 2. The molecule has 28 heavy (non-hydrogen) atoms. The smallest absolute Gasteiger partial charge is 0.338 e. The lowest BCUT2D eigenvalue weighted by Crippen LogP contribution is -2.31. The molecule has 0 bridgehead atoms. The van der Waals surface area contributed by atoms with Gasteiger partial charge in [-0.2, -0.15) is 0 Å². The number of nitrogens with one attached hydrogen (secondary N) is 1. The first-order valence-electron chi connectivity index (χ1n) is 8.25. The third kappa shape index (κ3) is 4.11. The number of carbonyl (C=O) groups excluding carboxylic acids is 2. The number of nitrogen functional groups attached to an aromatic ring is 1. The van der Waals surface area contributed by atoms with Crippen molar-refractivity contribution >= 4 is 23.3 Å². The molecule has 2 aromatic rings. The maximum absolute atomic E-state index is 12.1. The maximum Gasteiger partial charge on any atom is 0.338 e. The summed E-state index contributed by atoms with van der Waals surface area (Å²) in [7, 11) is 0. The number of nitro benzene ring substituents is 1. The summed E-state index contributed by atoms with van der Waals surface area (Å²) in [5, 5.41) is 13.6. The van der Waals surface area contributed by atoms with E-state index in [4.69, 9.17) is 19.9 Å². The fourth-order valence-corrected chi connectivity index (χ4v) is 2.59. The molecule has 0 aliphatic carbocycles. The number of nitrogens with zero attached hydrogens (tertiary/aromatic N) is 1. The minimum atomic E-state index is -0.867. The van der Waals surface area contributed by atoms with E-state index in [2.05, 4.69) is 5.32 Å². The highest BCUT2D eigenvalue weighted by Gasteiger charge is 2.19. The molecule has 1 heterocycles. The van der Waals surface area contributed by atoms with Gasteiger partial charge in [-0.25, -0.2) is 4.79 Å². The lowest BCUT2D eigenvalue weighted by molar-refractivity contribution is -0.383. The summed E-state index contributed by atoms with van der Waals surface area (Å²) >= 11 is 0. The van der Waals surface area contributed by atoms with Gasteiger partial charge in [0.25, 0.3) is 11.6 Å². The van der Waals surface area contributed by atoms with Crippen LogP contribution >= 0.6 is 0 Å². The summed E-state index contributed by atoms with van der Waals surface area (Å²) < 4.78 is 15.4. The molecule has 1 aliphatic heterocycles. The van der Waals surface area contributed by atoms with Crippen LogP contribution in [0.2, 0.25) is 0 Å². The Balaban J connectivity index is 1.56. The third-order valence-electron chi connectivity index (χ3n) is 4.07. The van der Waals surface area contributed by atoms with E-state index < -0.39 is 29.1 Å². The van der Waals surface area contributed by atoms with Gasteiger partial charge in [0.05, 0.1) is 16.5 Å². The highest BCUT2D eigenvalue weighted by molar-refractivity contribution is 5.92. The summed E-state index contributed by atoms with van der Waals surface area (Å²) in [6.07, 6.45) is 0. The van der Waals surface area contributed by atoms with Gasteiger partial charge >= 0.3 is 5.97 Å². The Morgan fingerprint density at radius 2 is 2.00 bits per heavy atom. The molecular weight excluding hydrogens is 370 g/mol. The number of anilines is 1. The number of carbonyl (C=O) groups is 2. The van der Waals surface area contributed by atoms with Gasteiger partial charge in [0.1, 0.15) is 5.69 Å². The first-order valence-corrected chi connectivity index (χ1v) is 8.25. The number of nitrogens with two attached hydrogens (primary N) is 1. The second kappa shape index (κ2) is 7.82. The van der Waals surface area contributed by atoms with E-state index in [0.717, 1.165) is 11.6 Å². The average molecular weight is 387 g/mol. The highest BCUT2D eigenvalue weighted by atomic mass is 16.7. The molecule has 3 rings (SSSR count). The Morgan fingerprint density at radius 3 is 2.75 bits per heavy atom. The Bertz CT molecular complexity index is 945. The molecule has 10 heteroatoms. The zero-order valence-electron chi connectivity index (χ0n) is 14.8. The van der Waals surface area contributed by atoms with Crippen LogP contribution in [0.1, 0.15) is 28.9 Å². The lowest BCUT2D eigenvalue weighted by atomic mass is 10.1. The number of amides is 1. The molecule has 1 atom stereocenters. The summed E-state index contributed by atoms with van der Waals surface area (Å²) in [4.78, 5) is 34.3. The molecule has 0 unspecified atom stereocenters. The Kier molecular flexibility index (Phi) is 5.30. The summed E-state index contributed by atoms with van der Waals surface area (Å²) in [6.45, 7) is 1.38. The molecule has 0 radical (unpaired) electrons. The predicted octanol–water partition coefficient (Wildman–Crippen LogP) is 1.94. The van der Waals surface area contributed by atoms with Gasteiger partial charge in [-0.15, -0.1) is 0 Å². The quantitative estimate of drug-likeness (QED) is 0.331. The van der Waals surface area contributed by atoms with Crippen LogP contribution in [-0.2, 0) is 9.53 Å². The van der Waals surface area contributed by atoms with Gasteiger partial charge < -0.3 is 25.3 Å². The minimum absolute atomic E-state index is 0.0717. The molecule has 2 aromatic carbocycles. The molecule has 0 saturated carbocycles. The molecule has 1 amide bonds. The molecule has 1 aliphatic rings. The molecule has 10 nitrogen and oxygen atoms in total. The topological polar surface area (TPSA) is 143 Å². The number of nitro groups is 1. The van der Waals surface area contributed by atoms with Gasteiger partial charge in [-0.3, -0.25) is 14.9 Å². The van der Waals surface area contributed by atoms with Gasteiger partial charge in [-0.1, -0.05) is 6.07 Å². The van der Waals surface area contributed by atoms with E-state index in [1.807, 2.05) is 0 Å². The van der Waals surface area contributed by atoms with Crippen molar-refractivity contribution in [1.82, 2.24) is 5.32 Å². The van der Waals surface area contributed by atoms with Crippen molar-refractivity contribution in [2.45, 2.75) is 13.0 Å². The van der Waals surface area contributed by atoms with E-state index >= 15 is 0 Å².